The molecule has 1 aromatic carbocycles. The van der Waals surface area contributed by atoms with Crippen molar-refractivity contribution >= 4 is 11.7 Å². The largest absolute Gasteiger partial charge is 0.466 e. The van der Waals surface area contributed by atoms with Gasteiger partial charge >= 0.3 is 5.97 Å². The van der Waals surface area contributed by atoms with Crippen LogP contribution < -0.4 is 5.32 Å². The standard InChI is InChI=1S/C23H37NO2/c1-3-22(23(25)26-4-2)20-14-16-21(17-15-20)24-18-10-9-13-19-11-7-5-6-8-12-19/h14-17,19,22,24H,3-13,18H2,1-2H3. The summed E-state index contributed by atoms with van der Waals surface area (Å²) in [6.07, 6.45) is 13.4. The van der Waals surface area contributed by atoms with Gasteiger partial charge in [-0.3, -0.25) is 4.79 Å². The third kappa shape index (κ3) is 7.01. The number of esters is 1. The van der Waals surface area contributed by atoms with Crippen molar-refractivity contribution in [1.29, 1.82) is 0 Å². The van der Waals surface area contributed by atoms with Crippen molar-refractivity contribution in [2.24, 2.45) is 5.92 Å². The van der Waals surface area contributed by atoms with E-state index in [-0.39, 0.29) is 11.9 Å². The number of anilines is 1. The molecule has 0 saturated heterocycles. The second-order valence-corrected chi connectivity index (χ2v) is 7.62. The quantitative estimate of drug-likeness (QED) is 0.303. The van der Waals surface area contributed by atoms with Crippen molar-refractivity contribution < 1.29 is 9.53 Å². The van der Waals surface area contributed by atoms with E-state index < -0.39 is 0 Å². The molecule has 0 aliphatic heterocycles. The summed E-state index contributed by atoms with van der Waals surface area (Å²) in [7, 11) is 0. The Morgan fingerprint density at radius 1 is 1.08 bits per heavy atom. The van der Waals surface area contributed by atoms with E-state index in [2.05, 4.69) is 29.6 Å². The topological polar surface area (TPSA) is 38.3 Å². The number of hydrogen-bond donors (Lipinski definition) is 1. The van der Waals surface area contributed by atoms with Crippen molar-refractivity contribution in [3.05, 3.63) is 29.8 Å². The molecule has 0 heterocycles. The fraction of sp³-hybridized carbons (Fsp3) is 0.696. The average Bonchev–Trinajstić information content (AvgIpc) is 2.92. The highest BCUT2D eigenvalue weighted by atomic mass is 16.5. The molecule has 1 N–H and O–H groups in total. The summed E-state index contributed by atoms with van der Waals surface area (Å²) in [5.74, 6) is 0.712. The fourth-order valence-electron chi connectivity index (χ4n) is 4.06. The summed E-state index contributed by atoms with van der Waals surface area (Å²) in [4.78, 5) is 12.0. The van der Waals surface area contributed by atoms with Crippen LogP contribution in [0, 0.1) is 5.92 Å². The molecule has 1 saturated carbocycles. The van der Waals surface area contributed by atoms with Gasteiger partial charge in [-0.05, 0) is 43.4 Å². The van der Waals surface area contributed by atoms with Crippen LogP contribution in [-0.2, 0) is 9.53 Å². The monoisotopic (exact) mass is 359 g/mol. The third-order valence-electron chi connectivity index (χ3n) is 5.64. The van der Waals surface area contributed by atoms with Gasteiger partial charge < -0.3 is 10.1 Å². The Hall–Kier alpha value is -1.51. The molecule has 1 aliphatic rings. The predicted molar refractivity (Wildman–Crippen MR) is 110 cm³/mol. The second kappa shape index (κ2) is 12.0. The minimum absolute atomic E-state index is 0.116. The molecule has 26 heavy (non-hydrogen) atoms. The Kier molecular flexibility index (Phi) is 9.58. The molecule has 3 heteroatoms. The van der Waals surface area contributed by atoms with Crippen molar-refractivity contribution in [1.82, 2.24) is 0 Å². The van der Waals surface area contributed by atoms with E-state index in [0.29, 0.717) is 6.61 Å². The number of benzene rings is 1. The van der Waals surface area contributed by atoms with Crippen LogP contribution in [0.25, 0.3) is 0 Å². The Labute approximate surface area is 159 Å². The van der Waals surface area contributed by atoms with Crippen LogP contribution in [-0.4, -0.2) is 19.1 Å². The first-order chi connectivity index (χ1) is 12.7. The summed E-state index contributed by atoms with van der Waals surface area (Å²) in [5, 5.41) is 3.52. The molecule has 0 aromatic heterocycles. The van der Waals surface area contributed by atoms with E-state index >= 15 is 0 Å². The molecule has 0 spiro atoms. The average molecular weight is 360 g/mol. The van der Waals surface area contributed by atoms with Gasteiger partial charge in [-0.15, -0.1) is 0 Å². The van der Waals surface area contributed by atoms with Crippen LogP contribution in [0.1, 0.15) is 89.5 Å². The van der Waals surface area contributed by atoms with Crippen LogP contribution in [0.2, 0.25) is 0 Å². The first-order valence-corrected chi connectivity index (χ1v) is 10.7. The number of carbonyl (C=O) groups excluding carboxylic acids is 1. The summed E-state index contributed by atoms with van der Waals surface area (Å²) in [6, 6.07) is 8.28. The van der Waals surface area contributed by atoms with Crippen LogP contribution in [0.15, 0.2) is 24.3 Å². The first-order valence-electron chi connectivity index (χ1n) is 10.7. The van der Waals surface area contributed by atoms with Gasteiger partial charge in [-0.25, -0.2) is 0 Å². The lowest BCUT2D eigenvalue weighted by Crippen LogP contribution is -2.15. The van der Waals surface area contributed by atoms with Gasteiger partial charge in [-0.1, -0.05) is 70.4 Å². The summed E-state index contributed by atoms with van der Waals surface area (Å²) in [6.45, 7) is 5.35. The van der Waals surface area contributed by atoms with E-state index in [1.165, 1.54) is 57.8 Å². The third-order valence-corrected chi connectivity index (χ3v) is 5.64. The summed E-state index contributed by atoms with van der Waals surface area (Å²) < 4.78 is 5.17. The van der Waals surface area contributed by atoms with Gasteiger partial charge in [-0.2, -0.15) is 0 Å². The molecular weight excluding hydrogens is 322 g/mol. The number of carbonyl (C=O) groups is 1. The van der Waals surface area contributed by atoms with Gasteiger partial charge in [0.15, 0.2) is 0 Å². The van der Waals surface area contributed by atoms with Crippen LogP contribution in [0.5, 0.6) is 0 Å². The maximum Gasteiger partial charge on any atom is 0.313 e. The van der Waals surface area contributed by atoms with Gasteiger partial charge in [0.25, 0.3) is 0 Å². The Balaban J connectivity index is 1.69. The number of rotatable bonds is 10. The predicted octanol–water partition coefficient (Wildman–Crippen LogP) is 6.30. The highest BCUT2D eigenvalue weighted by molar-refractivity contribution is 5.78. The smallest absolute Gasteiger partial charge is 0.313 e. The number of nitrogens with one attached hydrogen (secondary N) is 1. The maximum atomic E-state index is 12.0. The van der Waals surface area contributed by atoms with Crippen molar-refractivity contribution in [3.8, 4) is 0 Å². The molecule has 1 aromatic rings. The highest BCUT2D eigenvalue weighted by Crippen LogP contribution is 2.27. The molecule has 1 unspecified atom stereocenters. The Bertz CT molecular complexity index is 503. The van der Waals surface area contributed by atoms with Gasteiger partial charge in [0.2, 0.25) is 0 Å². The molecule has 0 radical (unpaired) electrons. The Morgan fingerprint density at radius 3 is 2.38 bits per heavy atom. The molecule has 146 valence electrons. The summed E-state index contributed by atoms with van der Waals surface area (Å²) in [5.41, 5.74) is 2.19. The Morgan fingerprint density at radius 2 is 1.77 bits per heavy atom. The SMILES string of the molecule is CCOC(=O)C(CC)c1ccc(NCCCCC2CCCCCC2)cc1. The van der Waals surface area contributed by atoms with Gasteiger partial charge in [0.05, 0.1) is 12.5 Å². The summed E-state index contributed by atoms with van der Waals surface area (Å²) >= 11 is 0. The first kappa shape index (κ1) is 20.8. The molecule has 0 amide bonds. The zero-order valence-electron chi connectivity index (χ0n) is 16.8. The normalized spacial score (nSPS) is 16.7. The highest BCUT2D eigenvalue weighted by Gasteiger charge is 2.19. The van der Waals surface area contributed by atoms with Crippen molar-refractivity contribution in [3.63, 3.8) is 0 Å². The number of hydrogen-bond acceptors (Lipinski definition) is 3. The van der Waals surface area contributed by atoms with Crippen LogP contribution >= 0.6 is 0 Å². The fourth-order valence-corrected chi connectivity index (χ4v) is 4.06. The van der Waals surface area contributed by atoms with E-state index in [1.807, 2.05) is 13.8 Å². The minimum Gasteiger partial charge on any atom is -0.466 e. The van der Waals surface area contributed by atoms with Crippen LogP contribution in [0.4, 0.5) is 5.69 Å². The lowest BCUT2D eigenvalue weighted by atomic mass is 9.94. The van der Waals surface area contributed by atoms with Gasteiger partial charge in [0, 0.05) is 12.2 Å². The molecule has 2 rings (SSSR count). The molecule has 1 fully saturated rings. The molecule has 1 aliphatic carbocycles. The van der Waals surface area contributed by atoms with E-state index in [1.54, 1.807) is 0 Å². The number of ether oxygens (including phenoxy) is 1. The van der Waals surface area contributed by atoms with Crippen molar-refractivity contribution in [2.45, 2.75) is 84.0 Å². The zero-order valence-corrected chi connectivity index (χ0v) is 16.8. The lowest BCUT2D eigenvalue weighted by molar-refractivity contribution is -0.145. The second-order valence-electron chi connectivity index (χ2n) is 7.62. The maximum absolute atomic E-state index is 12.0. The molecule has 0 bridgehead atoms. The lowest BCUT2D eigenvalue weighted by Gasteiger charge is -2.15. The zero-order chi connectivity index (χ0) is 18.6. The molecular formula is C23H37NO2. The van der Waals surface area contributed by atoms with Crippen LogP contribution in [0.3, 0.4) is 0 Å². The number of unbranched alkanes of at least 4 members (excludes halogenated alkanes) is 1. The molecule has 3 nitrogen and oxygen atoms in total. The van der Waals surface area contributed by atoms with E-state index in [0.717, 1.165) is 30.1 Å². The molecule has 1 atom stereocenters. The minimum atomic E-state index is -0.149. The van der Waals surface area contributed by atoms with E-state index in [9.17, 15) is 4.79 Å². The van der Waals surface area contributed by atoms with Gasteiger partial charge in [0.1, 0.15) is 0 Å². The van der Waals surface area contributed by atoms with E-state index in [4.69, 9.17) is 4.74 Å². The van der Waals surface area contributed by atoms with Crippen molar-refractivity contribution in [2.75, 3.05) is 18.5 Å².